The highest BCUT2D eigenvalue weighted by Crippen LogP contribution is 2.21. The lowest BCUT2D eigenvalue weighted by Crippen LogP contribution is -2.23. The van der Waals surface area contributed by atoms with E-state index in [0.29, 0.717) is 18.3 Å². The molecule has 7 nitrogen and oxygen atoms in total. The van der Waals surface area contributed by atoms with Crippen molar-refractivity contribution in [3.63, 3.8) is 0 Å². The van der Waals surface area contributed by atoms with Gasteiger partial charge in [0.2, 0.25) is 5.95 Å². The van der Waals surface area contributed by atoms with Crippen LogP contribution in [0.5, 0.6) is 0 Å². The first kappa shape index (κ1) is 15.8. The van der Waals surface area contributed by atoms with Gasteiger partial charge in [-0.1, -0.05) is 11.8 Å². The molecule has 0 aliphatic heterocycles. The SMILES string of the molecule is CCn1c(SCC(=O)O)nnc1N(C)CCCOC. The summed E-state index contributed by atoms with van der Waals surface area (Å²) in [5.41, 5.74) is 0. The molecule has 0 aromatic carbocycles. The Labute approximate surface area is 116 Å². The summed E-state index contributed by atoms with van der Waals surface area (Å²) in [6, 6.07) is 0. The molecule has 0 spiro atoms. The standard InChI is InChI=1S/C11H20N4O3S/c1-4-15-10(14(2)6-5-7-18-3)12-13-11(15)19-8-9(16)17/h4-8H2,1-3H3,(H,16,17). The summed E-state index contributed by atoms with van der Waals surface area (Å²) < 4.78 is 6.93. The van der Waals surface area contributed by atoms with Gasteiger partial charge in [0, 0.05) is 33.9 Å². The number of carboxylic acid groups (broad SMARTS) is 1. The average Bonchev–Trinajstić information content (AvgIpc) is 2.79. The molecule has 1 aromatic heterocycles. The second kappa shape index (κ2) is 8.00. The number of hydrogen-bond donors (Lipinski definition) is 1. The summed E-state index contributed by atoms with van der Waals surface area (Å²) in [5, 5.41) is 17.5. The first-order chi connectivity index (χ1) is 9.10. The van der Waals surface area contributed by atoms with Crippen LogP contribution in [-0.4, -0.2) is 58.9 Å². The quantitative estimate of drug-likeness (QED) is 0.535. The predicted octanol–water partition coefficient (Wildman–Crippen LogP) is 0.947. The van der Waals surface area contributed by atoms with Crippen LogP contribution >= 0.6 is 11.8 Å². The number of aliphatic carboxylic acids is 1. The van der Waals surface area contributed by atoms with Crippen molar-refractivity contribution in [3.05, 3.63) is 0 Å². The molecule has 0 amide bonds. The molecular weight excluding hydrogens is 268 g/mol. The summed E-state index contributed by atoms with van der Waals surface area (Å²) in [4.78, 5) is 12.6. The van der Waals surface area contributed by atoms with Crippen molar-refractivity contribution in [2.24, 2.45) is 0 Å². The average molecular weight is 288 g/mol. The van der Waals surface area contributed by atoms with Crippen molar-refractivity contribution in [1.82, 2.24) is 14.8 Å². The van der Waals surface area contributed by atoms with Gasteiger partial charge in [0.1, 0.15) is 0 Å². The lowest BCUT2D eigenvalue weighted by molar-refractivity contribution is -0.133. The molecule has 0 saturated heterocycles. The maximum Gasteiger partial charge on any atom is 0.313 e. The number of carboxylic acids is 1. The number of rotatable bonds is 9. The lowest BCUT2D eigenvalue weighted by atomic mass is 10.4. The molecule has 19 heavy (non-hydrogen) atoms. The molecule has 0 aliphatic carbocycles. The summed E-state index contributed by atoms with van der Waals surface area (Å²) in [5.74, 6) is -0.108. The fraction of sp³-hybridized carbons (Fsp3) is 0.727. The first-order valence-corrected chi connectivity index (χ1v) is 7.06. The van der Waals surface area contributed by atoms with Crippen LogP contribution in [0.3, 0.4) is 0 Å². The van der Waals surface area contributed by atoms with Gasteiger partial charge in [-0.25, -0.2) is 0 Å². The van der Waals surface area contributed by atoms with Crippen molar-refractivity contribution < 1.29 is 14.6 Å². The van der Waals surface area contributed by atoms with Crippen molar-refractivity contribution >= 4 is 23.7 Å². The van der Waals surface area contributed by atoms with Crippen LogP contribution in [0.2, 0.25) is 0 Å². The van der Waals surface area contributed by atoms with E-state index in [1.165, 1.54) is 11.8 Å². The third-order valence-corrected chi connectivity index (χ3v) is 3.47. The van der Waals surface area contributed by atoms with E-state index in [0.717, 1.165) is 18.9 Å². The van der Waals surface area contributed by atoms with E-state index in [1.54, 1.807) is 7.11 Å². The molecule has 0 atom stereocenters. The molecule has 0 aliphatic rings. The maximum absolute atomic E-state index is 10.6. The third-order valence-electron chi connectivity index (χ3n) is 2.52. The Morgan fingerprint density at radius 2 is 2.26 bits per heavy atom. The fourth-order valence-corrected chi connectivity index (χ4v) is 2.34. The Morgan fingerprint density at radius 1 is 1.53 bits per heavy atom. The van der Waals surface area contributed by atoms with Gasteiger partial charge in [-0.15, -0.1) is 10.2 Å². The molecule has 0 unspecified atom stereocenters. The second-order valence-corrected chi connectivity index (χ2v) is 4.92. The number of methoxy groups -OCH3 is 1. The van der Waals surface area contributed by atoms with Crippen LogP contribution in [0.1, 0.15) is 13.3 Å². The van der Waals surface area contributed by atoms with E-state index >= 15 is 0 Å². The van der Waals surface area contributed by atoms with E-state index in [4.69, 9.17) is 9.84 Å². The maximum atomic E-state index is 10.6. The van der Waals surface area contributed by atoms with Gasteiger partial charge in [0.05, 0.1) is 5.75 Å². The van der Waals surface area contributed by atoms with Crippen LogP contribution in [0.4, 0.5) is 5.95 Å². The first-order valence-electron chi connectivity index (χ1n) is 6.08. The minimum absolute atomic E-state index is 0.00841. The van der Waals surface area contributed by atoms with E-state index in [1.807, 2.05) is 23.4 Å². The van der Waals surface area contributed by atoms with Crippen molar-refractivity contribution in [2.75, 3.05) is 38.0 Å². The molecule has 1 N–H and O–H groups in total. The van der Waals surface area contributed by atoms with Gasteiger partial charge in [-0.2, -0.15) is 0 Å². The molecule has 0 saturated carbocycles. The van der Waals surface area contributed by atoms with Gasteiger partial charge < -0.3 is 14.7 Å². The van der Waals surface area contributed by atoms with E-state index in [-0.39, 0.29) is 5.75 Å². The van der Waals surface area contributed by atoms with Crippen molar-refractivity contribution in [1.29, 1.82) is 0 Å². The topological polar surface area (TPSA) is 80.5 Å². The predicted molar refractivity (Wildman–Crippen MR) is 73.8 cm³/mol. The summed E-state index contributed by atoms with van der Waals surface area (Å²) in [7, 11) is 3.62. The largest absolute Gasteiger partial charge is 0.481 e. The highest BCUT2D eigenvalue weighted by atomic mass is 32.2. The van der Waals surface area contributed by atoms with Crippen LogP contribution in [0, 0.1) is 0 Å². The molecule has 1 heterocycles. The van der Waals surface area contributed by atoms with Crippen molar-refractivity contribution in [2.45, 2.75) is 25.0 Å². The molecule has 8 heteroatoms. The molecule has 108 valence electrons. The molecule has 1 aromatic rings. The monoisotopic (exact) mass is 288 g/mol. The number of aromatic nitrogens is 3. The van der Waals surface area contributed by atoms with Crippen LogP contribution in [-0.2, 0) is 16.1 Å². The number of carbonyl (C=O) groups is 1. The van der Waals surface area contributed by atoms with Crippen LogP contribution in [0.25, 0.3) is 0 Å². The van der Waals surface area contributed by atoms with Gasteiger partial charge in [0.15, 0.2) is 5.16 Å². The van der Waals surface area contributed by atoms with E-state index < -0.39 is 5.97 Å². The van der Waals surface area contributed by atoms with Gasteiger partial charge in [-0.3, -0.25) is 9.36 Å². The minimum atomic E-state index is -0.856. The van der Waals surface area contributed by atoms with Crippen molar-refractivity contribution in [3.8, 4) is 0 Å². The molecule has 0 radical (unpaired) electrons. The molecule has 0 bridgehead atoms. The van der Waals surface area contributed by atoms with Gasteiger partial charge >= 0.3 is 5.97 Å². The zero-order valence-corrected chi connectivity index (χ0v) is 12.3. The Kier molecular flexibility index (Phi) is 6.65. The number of nitrogens with zero attached hydrogens (tertiary/aromatic N) is 4. The molecular formula is C11H20N4O3S. The lowest BCUT2D eigenvalue weighted by Gasteiger charge is -2.18. The number of ether oxygens (including phenoxy) is 1. The zero-order valence-electron chi connectivity index (χ0n) is 11.5. The smallest absolute Gasteiger partial charge is 0.313 e. The highest BCUT2D eigenvalue weighted by molar-refractivity contribution is 7.99. The zero-order chi connectivity index (χ0) is 14.3. The summed E-state index contributed by atoms with van der Waals surface area (Å²) >= 11 is 1.18. The fourth-order valence-electron chi connectivity index (χ4n) is 1.62. The Morgan fingerprint density at radius 3 is 2.84 bits per heavy atom. The second-order valence-electron chi connectivity index (χ2n) is 3.98. The molecule has 0 fully saturated rings. The highest BCUT2D eigenvalue weighted by Gasteiger charge is 2.15. The number of hydrogen-bond acceptors (Lipinski definition) is 6. The van der Waals surface area contributed by atoms with E-state index in [2.05, 4.69) is 10.2 Å². The van der Waals surface area contributed by atoms with Gasteiger partial charge in [0.25, 0.3) is 0 Å². The Balaban J connectivity index is 2.69. The Hall–Kier alpha value is -1.28. The number of anilines is 1. The molecule has 1 rings (SSSR count). The minimum Gasteiger partial charge on any atom is -0.481 e. The van der Waals surface area contributed by atoms with Crippen LogP contribution in [0.15, 0.2) is 5.16 Å². The van der Waals surface area contributed by atoms with Crippen LogP contribution < -0.4 is 4.90 Å². The summed E-state index contributed by atoms with van der Waals surface area (Å²) in [6.07, 6.45) is 0.904. The third kappa shape index (κ3) is 4.71. The van der Waals surface area contributed by atoms with E-state index in [9.17, 15) is 4.79 Å². The van der Waals surface area contributed by atoms with Gasteiger partial charge in [-0.05, 0) is 13.3 Å². The number of thioether (sulfide) groups is 1. The summed E-state index contributed by atoms with van der Waals surface area (Å²) in [6.45, 7) is 4.21. The Bertz CT molecular complexity index is 411. The normalized spacial score (nSPS) is 10.7.